The van der Waals surface area contributed by atoms with E-state index in [1.165, 1.54) is 4.57 Å². The Hall–Kier alpha value is -3.11. The van der Waals surface area contributed by atoms with E-state index < -0.39 is 5.60 Å². The summed E-state index contributed by atoms with van der Waals surface area (Å²) in [5, 5.41) is 10.3. The van der Waals surface area contributed by atoms with Crippen LogP contribution < -0.4 is 20.9 Å². The summed E-state index contributed by atoms with van der Waals surface area (Å²) in [6.07, 6.45) is 0. The van der Waals surface area contributed by atoms with Crippen LogP contribution in [0.3, 0.4) is 0 Å². The van der Waals surface area contributed by atoms with Crippen LogP contribution in [0.5, 0.6) is 11.8 Å². The molecule has 0 aliphatic rings. The second-order valence-corrected chi connectivity index (χ2v) is 9.00. The highest BCUT2D eigenvalue weighted by molar-refractivity contribution is 5.81. The number of nitrogens with two attached hydrogens (primary N) is 1. The average Bonchev–Trinajstić information content (AvgIpc) is 3.03. The SMILES string of the molecule is CCOc1nc(N)c2[nH]c(=O)n(Cc3ccc(CN(CC(C)(C)O)C(C)C)c(OC)c3)c2n1. The van der Waals surface area contributed by atoms with Crippen LogP contribution in [-0.2, 0) is 13.1 Å². The van der Waals surface area contributed by atoms with E-state index in [1.807, 2.05) is 25.1 Å². The van der Waals surface area contributed by atoms with Gasteiger partial charge >= 0.3 is 11.7 Å². The molecular weight excluding hydrogens is 424 g/mol. The number of benzene rings is 1. The Morgan fingerprint density at radius 2 is 2.03 bits per heavy atom. The molecule has 0 saturated heterocycles. The van der Waals surface area contributed by atoms with Crippen LogP contribution >= 0.6 is 0 Å². The van der Waals surface area contributed by atoms with Gasteiger partial charge in [0, 0.05) is 24.7 Å². The predicted molar refractivity (Wildman–Crippen MR) is 128 cm³/mol. The highest BCUT2D eigenvalue weighted by Crippen LogP contribution is 2.25. The molecule has 33 heavy (non-hydrogen) atoms. The number of imidazole rings is 1. The Bertz CT molecular complexity index is 1160. The maximum Gasteiger partial charge on any atom is 0.328 e. The zero-order chi connectivity index (χ0) is 24.3. The summed E-state index contributed by atoms with van der Waals surface area (Å²) in [6, 6.07) is 6.23. The van der Waals surface area contributed by atoms with Gasteiger partial charge in [-0.25, -0.2) is 4.79 Å². The standard InChI is InChI=1S/C23H34N6O4/c1-7-33-21-26-19(24)18-20(27-21)29(22(30)25-18)11-15-8-9-16(17(10-15)32-6)12-28(14(2)3)13-23(4,5)31/h8-10,14,31H,7,11-13H2,1-6H3,(H,25,30)(H2,24,26,27). The molecule has 0 atom stereocenters. The van der Waals surface area contributed by atoms with Crippen molar-refractivity contribution < 1.29 is 14.6 Å². The number of hydrogen-bond donors (Lipinski definition) is 3. The number of aromatic amines is 1. The molecule has 2 heterocycles. The number of nitrogens with zero attached hydrogens (tertiary/aromatic N) is 4. The first kappa shape index (κ1) is 24.5. The minimum atomic E-state index is -0.808. The van der Waals surface area contributed by atoms with E-state index in [0.29, 0.717) is 36.6 Å². The van der Waals surface area contributed by atoms with Gasteiger partial charge in [0.25, 0.3) is 0 Å². The third-order valence-electron chi connectivity index (χ3n) is 5.29. The van der Waals surface area contributed by atoms with Crippen LogP contribution in [0.1, 0.15) is 45.7 Å². The fourth-order valence-electron chi connectivity index (χ4n) is 3.71. The van der Waals surface area contributed by atoms with Crippen molar-refractivity contribution in [2.45, 2.75) is 59.4 Å². The molecule has 180 valence electrons. The Labute approximate surface area is 193 Å². The fourth-order valence-corrected chi connectivity index (χ4v) is 3.71. The lowest BCUT2D eigenvalue weighted by molar-refractivity contribution is 0.0222. The smallest absolute Gasteiger partial charge is 0.328 e. The van der Waals surface area contributed by atoms with Gasteiger partial charge in [-0.3, -0.25) is 9.47 Å². The largest absolute Gasteiger partial charge is 0.496 e. The Morgan fingerprint density at radius 1 is 1.30 bits per heavy atom. The molecular formula is C23H34N6O4. The van der Waals surface area contributed by atoms with Gasteiger partial charge in [-0.05, 0) is 46.2 Å². The number of hydrogen-bond acceptors (Lipinski definition) is 8. The number of nitrogen functional groups attached to an aromatic ring is 1. The highest BCUT2D eigenvalue weighted by atomic mass is 16.5. The summed E-state index contributed by atoms with van der Waals surface area (Å²) in [4.78, 5) is 26.0. The molecule has 3 aromatic rings. The van der Waals surface area contributed by atoms with Crippen molar-refractivity contribution in [2.24, 2.45) is 0 Å². The fraction of sp³-hybridized carbons (Fsp3) is 0.522. The van der Waals surface area contributed by atoms with Crippen molar-refractivity contribution in [3.8, 4) is 11.8 Å². The Balaban J connectivity index is 1.92. The Kier molecular flexibility index (Phi) is 7.28. The molecule has 10 nitrogen and oxygen atoms in total. The van der Waals surface area contributed by atoms with E-state index in [-0.39, 0.29) is 30.1 Å². The number of methoxy groups -OCH3 is 1. The van der Waals surface area contributed by atoms with E-state index in [2.05, 4.69) is 33.7 Å². The molecule has 0 amide bonds. The number of fused-ring (bicyclic) bond motifs is 1. The summed E-state index contributed by atoms with van der Waals surface area (Å²) < 4.78 is 12.5. The summed E-state index contributed by atoms with van der Waals surface area (Å²) >= 11 is 0. The normalized spacial score (nSPS) is 12.2. The molecule has 2 aromatic heterocycles. The van der Waals surface area contributed by atoms with Crippen LogP contribution in [-0.4, -0.2) is 61.4 Å². The molecule has 0 saturated carbocycles. The number of aromatic nitrogens is 4. The third kappa shape index (κ3) is 5.82. The van der Waals surface area contributed by atoms with E-state index in [1.54, 1.807) is 21.0 Å². The zero-order valence-electron chi connectivity index (χ0n) is 20.2. The molecule has 0 aliphatic carbocycles. The summed E-state index contributed by atoms with van der Waals surface area (Å²) in [6.45, 7) is 11.4. The van der Waals surface area contributed by atoms with Crippen molar-refractivity contribution in [1.82, 2.24) is 24.4 Å². The average molecular weight is 459 g/mol. The van der Waals surface area contributed by atoms with Crippen molar-refractivity contribution >= 4 is 17.0 Å². The van der Waals surface area contributed by atoms with Gasteiger partial charge in [0.15, 0.2) is 11.5 Å². The third-order valence-corrected chi connectivity index (χ3v) is 5.29. The van der Waals surface area contributed by atoms with Gasteiger partial charge in [-0.1, -0.05) is 12.1 Å². The zero-order valence-corrected chi connectivity index (χ0v) is 20.2. The lowest BCUT2D eigenvalue weighted by Crippen LogP contribution is -2.41. The number of aliphatic hydroxyl groups is 1. The highest BCUT2D eigenvalue weighted by Gasteiger charge is 2.22. The quantitative estimate of drug-likeness (QED) is 0.421. The van der Waals surface area contributed by atoms with Crippen LogP contribution in [0.2, 0.25) is 0 Å². The number of ether oxygens (including phenoxy) is 2. The van der Waals surface area contributed by atoms with Crippen molar-refractivity contribution in [3.63, 3.8) is 0 Å². The van der Waals surface area contributed by atoms with Crippen molar-refractivity contribution in [3.05, 3.63) is 39.8 Å². The molecule has 4 N–H and O–H groups in total. The molecule has 0 spiro atoms. The van der Waals surface area contributed by atoms with Gasteiger partial charge in [-0.15, -0.1) is 0 Å². The monoisotopic (exact) mass is 458 g/mol. The lowest BCUT2D eigenvalue weighted by atomic mass is 10.1. The molecule has 10 heteroatoms. The topological polar surface area (TPSA) is 132 Å². The van der Waals surface area contributed by atoms with Crippen LogP contribution in [0.15, 0.2) is 23.0 Å². The molecule has 1 aromatic carbocycles. The summed E-state index contributed by atoms with van der Waals surface area (Å²) in [5.74, 6) is 0.874. The number of nitrogens with one attached hydrogen (secondary N) is 1. The van der Waals surface area contributed by atoms with Gasteiger partial charge in [0.05, 0.1) is 25.9 Å². The molecule has 0 unspecified atom stereocenters. The van der Waals surface area contributed by atoms with Crippen molar-refractivity contribution in [1.29, 1.82) is 0 Å². The second-order valence-electron chi connectivity index (χ2n) is 9.00. The molecule has 3 rings (SSSR count). The van der Waals surface area contributed by atoms with E-state index in [9.17, 15) is 9.90 Å². The lowest BCUT2D eigenvalue weighted by Gasteiger charge is -2.32. The van der Waals surface area contributed by atoms with Gasteiger partial charge < -0.3 is 25.3 Å². The van der Waals surface area contributed by atoms with Crippen LogP contribution in [0.25, 0.3) is 11.2 Å². The number of anilines is 1. The predicted octanol–water partition coefficient (Wildman–Crippen LogP) is 2.14. The maximum atomic E-state index is 12.6. The minimum Gasteiger partial charge on any atom is -0.496 e. The van der Waals surface area contributed by atoms with E-state index >= 15 is 0 Å². The van der Waals surface area contributed by atoms with Gasteiger partial charge in [-0.2, -0.15) is 9.97 Å². The van der Waals surface area contributed by atoms with Crippen molar-refractivity contribution in [2.75, 3.05) is 26.0 Å². The summed E-state index contributed by atoms with van der Waals surface area (Å²) in [5.41, 5.74) is 7.47. The first-order chi connectivity index (χ1) is 15.5. The number of H-pyrrole nitrogens is 1. The molecule has 0 radical (unpaired) electrons. The Morgan fingerprint density at radius 3 is 2.64 bits per heavy atom. The second kappa shape index (κ2) is 9.80. The number of rotatable bonds is 10. The molecule has 0 fully saturated rings. The van der Waals surface area contributed by atoms with E-state index in [4.69, 9.17) is 15.2 Å². The maximum absolute atomic E-state index is 12.6. The minimum absolute atomic E-state index is 0.128. The van der Waals surface area contributed by atoms with Crippen LogP contribution in [0, 0.1) is 0 Å². The van der Waals surface area contributed by atoms with Crippen LogP contribution in [0.4, 0.5) is 5.82 Å². The van der Waals surface area contributed by atoms with E-state index in [0.717, 1.165) is 11.1 Å². The first-order valence-electron chi connectivity index (χ1n) is 11.0. The molecule has 0 aliphatic heterocycles. The molecule has 0 bridgehead atoms. The summed E-state index contributed by atoms with van der Waals surface area (Å²) in [7, 11) is 1.62. The first-order valence-corrected chi connectivity index (χ1v) is 11.0. The van der Waals surface area contributed by atoms with Gasteiger partial charge in [0.2, 0.25) is 0 Å². The van der Waals surface area contributed by atoms with Gasteiger partial charge in [0.1, 0.15) is 11.3 Å².